The molecule has 0 unspecified atom stereocenters. The fraction of sp³-hybridized carbons (Fsp3) is 0.538. The van der Waals surface area contributed by atoms with Crippen LogP contribution >= 0.6 is 0 Å². The lowest BCUT2D eigenvalue weighted by molar-refractivity contribution is -0.383. The van der Waals surface area contributed by atoms with Crippen molar-refractivity contribution in [1.82, 2.24) is 0 Å². The number of nitrogens with zero attached hydrogens (tertiary/aromatic N) is 1. The molecule has 5 heteroatoms. The van der Waals surface area contributed by atoms with Crippen molar-refractivity contribution in [3.63, 3.8) is 0 Å². The molecular formula is C13H19N3O2. The van der Waals surface area contributed by atoms with Crippen molar-refractivity contribution in [2.24, 2.45) is 5.92 Å². The summed E-state index contributed by atoms with van der Waals surface area (Å²) >= 11 is 0. The molecule has 0 atom stereocenters. The number of nitro groups is 1. The van der Waals surface area contributed by atoms with E-state index in [0.29, 0.717) is 11.4 Å². The molecule has 0 saturated heterocycles. The lowest BCUT2D eigenvalue weighted by atomic mass is 9.83. The average Bonchev–Trinajstić information content (AvgIpc) is 2.31. The first-order valence-electron chi connectivity index (χ1n) is 6.41. The van der Waals surface area contributed by atoms with Crippen molar-refractivity contribution in [2.75, 3.05) is 24.2 Å². The Hall–Kier alpha value is -1.78. The number of nitrogens with one attached hydrogen (secondary N) is 2. The number of hydrogen-bond acceptors (Lipinski definition) is 4. The number of rotatable bonds is 6. The molecule has 1 aromatic rings. The van der Waals surface area contributed by atoms with Crippen LogP contribution in [0.15, 0.2) is 18.2 Å². The minimum atomic E-state index is -0.336. The van der Waals surface area contributed by atoms with Crippen LogP contribution in [0.1, 0.15) is 25.7 Å². The number of hydrogen-bond donors (Lipinski definition) is 2. The first-order chi connectivity index (χ1) is 8.72. The average molecular weight is 249 g/mol. The Morgan fingerprint density at radius 3 is 2.67 bits per heavy atom. The molecule has 0 bridgehead atoms. The first kappa shape index (κ1) is 12.7. The summed E-state index contributed by atoms with van der Waals surface area (Å²) in [6.07, 6.45) is 5.04. The molecule has 1 aliphatic rings. The van der Waals surface area contributed by atoms with Gasteiger partial charge in [-0.1, -0.05) is 25.3 Å². The zero-order chi connectivity index (χ0) is 13.0. The van der Waals surface area contributed by atoms with Gasteiger partial charge in [-0.2, -0.15) is 0 Å². The van der Waals surface area contributed by atoms with Crippen LogP contribution in [0.5, 0.6) is 0 Å². The van der Waals surface area contributed by atoms with Crippen molar-refractivity contribution < 1.29 is 4.92 Å². The molecule has 1 aromatic carbocycles. The monoisotopic (exact) mass is 249 g/mol. The molecule has 1 fully saturated rings. The highest BCUT2D eigenvalue weighted by atomic mass is 16.6. The SMILES string of the molecule is CNc1cccc(NCCC2CCC2)c1[N+](=O)[O-]. The Labute approximate surface area is 107 Å². The third-order valence-electron chi connectivity index (χ3n) is 3.58. The molecular weight excluding hydrogens is 230 g/mol. The van der Waals surface area contributed by atoms with Gasteiger partial charge in [0.2, 0.25) is 0 Å². The lowest BCUT2D eigenvalue weighted by Gasteiger charge is -2.25. The summed E-state index contributed by atoms with van der Waals surface area (Å²) in [6.45, 7) is 0.804. The van der Waals surface area contributed by atoms with Gasteiger partial charge in [0.15, 0.2) is 0 Å². The zero-order valence-corrected chi connectivity index (χ0v) is 10.6. The third-order valence-corrected chi connectivity index (χ3v) is 3.58. The maximum atomic E-state index is 11.1. The topological polar surface area (TPSA) is 67.2 Å². The Balaban J connectivity index is 2.03. The van der Waals surface area contributed by atoms with Gasteiger partial charge >= 0.3 is 5.69 Å². The normalized spacial score (nSPS) is 14.9. The Kier molecular flexibility index (Phi) is 4.02. The molecule has 0 spiro atoms. The van der Waals surface area contributed by atoms with E-state index in [1.54, 1.807) is 19.2 Å². The Morgan fingerprint density at radius 2 is 2.11 bits per heavy atom. The van der Waals surface area contributed by atoms with Crippen molar-refractivity contribution in [2.45, 2.75) is 25.7 Å². The van der Waals surface area contributed by atoms with Crippen LogP contribution in [-0.2, 0) is 0 Å². The summed E-state index contributed by atoms with van der Waals surface area (Å²) in [4.78, 5) is 10.8. The van der Waals surface area contributed by atoms with Gasteiger partial charge in [0.25, 0.3) is 0 Å². The van der Waals surface area contributed by atoms with Gasteiger partial charge in [-0.3, -0.25) is 10.1 Å². The second kappa shape index (κ2) is 5.71. The molecule has 0 heterocycles. The summed E-state index contributed by atoms with van der Waals surface area (Å²) in [5.41, 5.74) is 1.29. The van der Waals surface area contributed by atoms with Crippen molar-refractivity contribution in [3.05, 3.63) is 28.3 Å². The van der Waals surface area contributed by atoms with Crippen LogP contribution in [0.25, 0.3) is 0 Å². The predicted molar refractivity (Wildman–Crippen MR) is 73.1 cm³/mol. The highest BCUT2D eigenvalue weighted by molar-refractivity contribution is 5.75. The van der Waals surface area contributed by atoms with Crippen LogP contribution in [0.3, 0.4) is 0 Å². The van der Waals surface area contributed by atoms with Gasteiger partial charge in [-0.25, -0.2) is 0 Å². The number of benzene rings is 1. The van der Waals surface area contributed by atoms with Crippen LogP contribution in [-0.4, -0.2) is 18.5 Å². The summed E-state index contributed by atoms with van der Waals surface area (Å²) in [6, 6.07) is 5.31. The van der Waals surface area contributed by atoms with Gasteiger partial charge < -0.3 is 10.6 Å². The fourth-order valence-corrected chi connectivity index (χ4v) is 2.28. The molecule has 1 aliphatic carbocycles. The van der Waals surface area contributed by atoms with E-state index < -0.39 is 0 Å². The van der Waals surface area contributed by atoms with E-state index in [-0.39, 0.29) is 10.6 Å². The van der Waals surface area contributed by atoms with E-state index in [0.717, 1.165) is 18.9 Å². The molecule has 5 nitrogen and oxygen atoms in total. The van der Waals surface area contributed by atoms with E-state index in [4.69, 9.17) is 0 Å². The van der Waals surface area contributed by atoms with Gasteiger partial charge in [-0.15, -0.1) is 0 Å². The number of para-hydroxylation sites is 1. The van der Waals surface area contributed by atoms with E-state index in [1.165, 1.54) is 19.3 Å². The second-order valence-corrected chi connectivity index (χ2v) is 4.72. The van der Waals surface area contributed by atoms with Crippen molar-refractivity contribution >= 4 is 17.1 Å². The maximum Gasteiger partial charge on any atom is 0.315 e. The van der Waals surface area contributed by atoms with Gasteiger partial charge in [0.05, 0.1) is 4.92 Å². The van der Waals surface area contributed by atoms with E-state index >= 15 is 0 Å². The molecule has 18 heavy (non-hydrogen) atoms. The van der Waals surface area contributed by atoms with Gasteiger partial charge in [0, 0.05) is 13.6 Å². The zero-order valence-electron chi connectivity index (χ0n) is 10.6. The summed E-state index contributed by atoms with van der Waals surface area (Å²) < 4.78 is 0. The molecule has 0 radical (unpaired) electrons. The summed E-state index contributed by atoms with van der Waals surface area (Å²) in [7, 11) is 1.69. The minimum absolute atomic E-state index is 0.133. The van der Waals surface area contributed by atoms with Crippen LogP contribution in [0.2, 0.25) is 0 Å². The van der Waals surface area contributed by atoms with Crippen LogP contribution in [0.4, 0.5) is 17.1 Å². The lowest BCUT2D eigenvalue weighted by Crippen LogP contribution is -2.16. The Morgan fingerprint density at radius 1 is 1.39 bits per heavy atom. The number of anilines is 2. The standard InChI is InChI=1S/C13H19N3O2/c1-14-11-6-3-7-12(13(11)16(17)18)15-9-8-10-4-2-5-10/h3,6-7,10,14-15H,2,4-5,8-9H2,1H3. The highest BCUT2D eigenvalue weighted by Gasteiger charge is 2.20. The highest BCUT2D eigenvalue weighted by Crippen LogP contribution is 2.33. The van der Waals surface area contributed by atoms with Crippen LogP contribution < -0.4 is 10.6 Å². The minimum Gasteiger partial charge on any atom is -0.382 e. The second-order valence-electron chi connectivity index (χ2n) is 4.72. The first-order valence-corrected chi connectivity index (χ1v) is 6.41. The van der Waals surface area contributed by atoms with Crippen molar-refractivity contribution in [1.29, 1.82) is 0 Å². The quantitative estimate of drug-likeness (QED) is 0.600. The maximum absolute atomic E-state index is 11.1. The molecule has 2 N–H and O–H groups in total. The molecule has 0 aromatic heterocycles. The van der Waals surface area contributed by atoms with Gasteiger partial charge in [-0.05, 0) is 24.5 Å². The molecule has 1 saturated carbocycles. The van der Waals surface area contributed by atoms with E-state index in [1.807, 2.05) is 6.07 Å². The summed E-state index contributed by atoms with van der Waals surface area (Å²) in [5.74, 6) is 0.809. The van der Waals surface area contributed by atoms with Crippen molar-refractivity contribution in [3.8, 4) is 0 Å². The third kappa shape index (κ3) is 2.72. The predicted octanol–water partition coefficient (Wildman–Crippen LogP) is 3.24. The van der Waals surface area contributed by atoms with E-state index in [9.17, 15) is 10.1 Å². The molecule has 0 amide bonds. The molecule has 2 rings (SSSR count). The summed E-state index contributed by atoms with van der Waals surface area (Å²) in [5, 5.41) is 17.1. The largest absolute Gasteiger partial charge is 0.382 e. The van der Waals surface area contributed by atoms with Gasteiger partial charge in [0.1, 0.15) is 11.4 Å². The smallest absolute Gasteiger partial charge is 0.315 e. The molecule has 98 valence electrons. The number of nitro benzene ring substituents is 1. The van der Waals surface area contributed by atoms with E-state index in [2.05, 4.69) is 10.6 Å². The van der Waals surface area contributed by atoms with Crippen LogP contribution in [0, 0.1) is 16.0 Å². The fourth-order valence-electron chi connectivity index (χ4n) is 2.28. The molecule has 0 aliphatic heterocycles. The Bertz CT molecular complexity index is 430.